The maximum Gasteiger partial charge on any atom is 0.258 e. The highest BCUT2D eigenvalue weighted by molar-refractivity contribution is 7.18. The van der Waals surface area contributed by atoms with Crippen LogP contribution in [-0.2, 0) is 0 Å². The van der Waals surface area contributed by atoms with Crippen LogP contribution in [-0.4, -0.2) is 44.3 Å². The minimum Gasteiger partial charge on any atom is -0.443 e. The molecule has 0 radical (unpaired) electrons. The summed E-state index contributed by atoms with van der Waals surface area (Å²) >= 11 is 0. The Morgan fingerprint density at radius 3 is 2.67 bits per heavy atom. The van der Waals surface area contributed by atoms with Gasteiger partial charge in [0.15, 0.2) is 18.0 Å². The Morgan fingerprint density at radius 1 is 1.30 bits per heavy atom. The minimum absolute atomic E-state index is 0.152. The van der Waals surface area contributed by atoms with Crippen LogP contribution in [0.3, 0.4) is 0 Å². The molecule has 0 aromatic carbocycles. The average Bonchev–Trinajstić information content (AvgIpc) is 3.37. The summed E-state index contributed by atoms with van der Waals surface area (Å²) < 4.78 is 19.9. The number of hydrogen-bond acceptors (Lipinski definition) is 7. The molecule has 1 amide bonds. The zero-order chi connectivity index (χ0) is 21.3. The molecule has 3 aromatic rings. The first-order chi connectivity index (χ1) is 14.3. The molecular formula is C20H22FN6O2P. The second kappa shape index (κ2) is 8.07. The molecule has 30 heavy (non-hydrogen) atoms. The topological polar surface area (TPSA) is 97.0 Å². The van der Waals surface area contributed by atoms with Gasteiger partial charge in [0.2, 0.25) is 0 Å². The zero-order valence-corrected chi connectivity index (χ0v) is 17.8. The van der Waals surface area contributed by atoms with E-state index < -0.39 is 11.3 Å². The average molecular weight is 428 g/mol. The Kier molecular flexibility index (Phi) is 5.47. The first-order valence-electron chi connectivity index (χ1n) is 9.58. The number of nitrogens with zero attached hydrogens (tertiary/aromatic N) is 5. The number of halogens is 1. The van der Waals surface area contributed by atoms with E-state index in [1.807, 2.05) is 13.8 Å². The van der Waals surface area contributed by atoms with Crippen molar-refractivity contribution < 1.29 is 13.6 Å². The van der Waals surface area contributed by atoms with Crippen LogP contribution in [0.1, 0.15) is 42.4 Å². The van der Waals surface area contributed by atoms with E-state index in [0.717, 1.165) is 0 Å². The van der Waals surface area contributed by atoms with Crippen molar-refractivity contribution in [3.63, 3.8) is 0 Å². The highest BCUT2D eigenvalue weighted by Crippen LogP contribution is 2.40. The first-order valence-corrected chi connectivity index (χ1v) is 10.2. The molecule has 4 heterocycles. The van der Waals surface area contributed by atoms with E-state index in [1.54, 1.807) is 23.4 Å². The van der Waals surface area contributed by atoms with E-state index in [0.29, 0.717) is 47.2 Å². The number of anilines is 2. The second-order valence-corrected chi connectivity index (χ2v) is 8.60. The van der Waals surface area contributed by atoms with Crippen molar-refractivity contribution in [2.24, 2.45) is 0 Å². The van der Waals surface area contributed by atoms with E-state index in [4.69, 9.17) is 4.42 Å². The summed E-state index contributed by atoms with van der Waals surface area (Å²) in [6.07, 6.45) is 7.80. The molecule has 0 aliphatic carbocycles. The molecule has 156 valence electrons. The number of amides is 1. The predicted molar refractivity (Wildman–Crippen MR) is 114 cm³/mol. The van der Waals surface area contributed by atoms with Crippen LogP contribution in [0.5, 0.6) is 0 Å². The van der Waals surface area contributed by atoms with Gasteiger partial charge in [0.25, 0.3) is 5.91 Å². The van der Waals surface area contributed by atoms with Crippen LogP contribution in [0.25, 0.3) is 11.3 Å². The molecule has 10 heteroatoms. The molecule has 3 aromatic heterocycles. The van der Waals surface area contributed by atoms with Crippen molar-refractivity contribution in [2.45, 2.75) is 31.6 Å². The van der Waals surface area contributed by atoms with Crippen LogP contribution in [0.4, 0.5) is 15.9 Å². The lowest BCUT2D eigenvalue weighted by molar-refractivity contribution is 0.102. The van der Waals surface area contributed by atoms with Crippen LogP contribution >= 0.6 is 9.24 Å². The maximum atomic E-state index is 14.4. The standard InChI is InChI=1S/C20H22FN6O2P/c1-12(2)17-24-7-13(8-25-17)19(28)26-16-14(15-9-22-11-29-15)3-5-23-18(16)27-6-4-20(21,30)10-27/h3,5,7-9,11-12H,4,6,10,30H2,1-2H3,(H,26,28). The monoisotopic (exact) mass is 428 g/mol. The molecule has 8 nitrogen and oxygen atoms in total. The fourth-order valence-corrected chi connectivity index (χ4v) is 3.63. The smallest absolute Gasteiger partial charge is 0.258 e. The van der Waals surface area contributed by atoms with E-state index >= 15 is 0 Å². The number of rotatable bonds is 5. The quantitative estimate of drug-likeness (QED) is 0.620. The van der Waals surface area contributed by atoms with Crippen molar-refractivity contribution >= 4 is 26.7 Å². The molecule has 0 spiro atoms. The largest absolute Gasteiger partial charge is 0.443 e. The highest BCUT2D eigenvalue weighted by Gasteiger charge is 2.36. The molecule has 0 saturated carbocycles. The minimum atomic E-state index is -1.40. The molecule has 2 atom stereocenters. The van der Waals surface area contributed by atoms with Gasteiger partial charge in [-0.25, -0.2) is 24.3 Å². The number of aromatic nitrogens is 4. The summed E-state index contributed by atoms with van der Waals surface area (Å²) in [5, 5.41) is 1.50. The summed E-state index contributed by atoms with van der Waals surface area (Å²) in [7, 11) is 2.25. The third kappa shape index (κ3) is 4.16. The number of oxazole rings is 1. The van der Waals surface area contributed by atoms with Crippen molar-refractivity contribution in [3.8, 4) is 11.3 Å². The van der Waals surface area contributed by atoms with Gasteiger partial charge >= 0.3 is 0 Å². The molecular weight excluding hydrogens is 406 g/mol. The van der Waals surface area contributed by atoms with Gasteiger partial charge in [-0.3, -0.25) is 4.79 Å². The van der Waals surface area contributed by atoms with Gasteiger partial charge in [0.1, 0.15) is 11.2 Å². The third-order valence-electron chi connectivity index (χ3n) is 4.87. The third-order valence-corrected chi connectivity index (χ3v) is 5.34. The fraction of sp³-hybridized carbons (Fsp3) is 0.350. The van der Waals surface area contributed by atoms with E-state index in [1.165, 1.54) is 18.8 Å². The number of carbonyl (C=O) groups excluding carboxylic acids is 1. The number of nitrogens with one attached hydrogen (secondary N) is 1. The molecule has 4 rings (SSSR count). The first kappa shape index (κ1) is 20.3. The van der Waals surface area contributed by atoms with Gasteiger partial charge in [-0.05, 0) is 6.07 Å². The lowest BCUT2D eigenvalue weighted by atomic mass is 10.1. The molecule has 1 saturated heterocycles. The van der Waals surface area contributed by atoms with E-state index in [9.17, 15) is 9.18 Å². The molecule has 1 fully saturated rings. The summed E-state index contributed by atoms with van der Waals surface area (Å²) in [6.45, 7) is 4.59. The van der Waals surface area contributed by atoms with Crippen LogP contribution in [0, 0.1) is 0 Å². The van der Waals surface area contributed by atoms with Crippen molar-refractivity contribution in [2.75, 3.05) is 23.3 Å². The number of pyridine rings is 1. The summed E-state index contributed by atoms with van der Waals surface area (Å²) in [6, 6.07) is 1.72. The lowest BCUT2D eigenvalue weighted by Gasteiger charge is -2.23. The van der Waals surface area contributed by atoms with Gasteiger partial charge in [0.05, 0.1) is 24.0 Å². The van der Waals surface area contributed by atoms with Gasteiger partial charge in [0, 0.05) is 43.0 Å². The zero-order valence-electron chi connectivity index (χ0n) is 16.7. The van der Waals surface area contributed by atoms with Crippen LogP contribution in [0.15, 0.2) is 41.7 Å². The molecule has 1 aliphatic rings. The number of carbonyl (C=O) groups is 1. The van der Waals surface area contributed by atoms with Crippen LogP contribution in [0.2, 0.25) is 0 Å². The van der Waals surface area contributed by atoms with Gasteiger partial charge in [-0.2, -0.15) is 0 Å². The van der Waals surface area contributed by atoms with Gasteiger partial charge < -0.3 is 14.6 Å². The Morgan fingerprint density at radius 2 is 2.07 bits per heavy atom. The summed E-state index contributed by atoms with van der Waals surface area (Å²) in [5.41, 5.74) is 1.34. The summed E-state index contributed by atoms with van der Waals surface area (Å²) in [5.74, 6) is 1.37. The number of alkyl halides is 1. The normalized spacial score (nSPS) is 18.8. The van der Waals surface area contributed by atoms with E-state index in [-0.39, 0.29) is 12.5 Å². The second-order valence-electron chi connectivity index (χ2n) is 7.57. The summed E-state index contributed by atoms with van der Waals surface area (Å²) in [4.78, 5) is 31.6. The fourth-order valence-electron chi connectivity index (χ4n) is 3.28. The number of hydrogen-bond donors (Lipinski definition) is 1. The maximum absolute atomic E-state index is 14.4. The molecule has 2 unspecified atom stereocenters. The molecule has 1 aliphatic heterocycles. The van der Waals surface area contributed by atoms with Crippen LogP contribution < -0.4 is 10.2 Å². The Labute approximate surface area is 175 Å². The van der Waals surface area contributed by atoms with Gasteiger partial charge in [-0.15, -0.1) is 0 Å². The highest BCUT2D eigenvalue weighted by atomic mass is 31.0. The van der Waals surface area contributed by atoms with E-state index in [2.05, 4.69) is 34.5 Å². The Hall–Kier alpha value is -2.93. The van der Waals surface area contributed by atoms with Crippen molar-refractivity contribution in [3.05, 3.63) is 48.6 Å². The molecule has 0 bridgehead atoms. The lowest BCUT2D eigenvalue weighted by Crippen LogP contribution is -2.26. The van der Waals surface area contributed by atoms with Crippen molar-refractivity contribution in [1.29, 1.82) is 0 Å². The molecule has 1 N–H and O–H groups in total. The van der Waals surface area contributed by atoms with Gasteiger partial charge in [-0.1, -0.05) is 23.1 Å². The SMILES string of the molecule is CC(C)c1ncc(C(=O)Nc2c(-c3cnco3)ccnc2N2CCC(F)(P)C2)cn1. The Bertz CT molecular complexity index is 1040. The van der Waals surface area contributed by atoms with Crippen molar-refractivity contribution in [1.82, 2.24) is 19.9 Å². The predicted octanol–water partition coefficient (Wildman–Crippen LogP) is 3.65. The Balaban J connectivity index is 1.70.